The highest BCUT2D eigenvalue weighted by Crippen LogP contribution is 2.67. The summed E-state index contributed by atoms with van der Waals surface area (Å²) in [7, 11) is 0. The number of unbranched alkanes of at least 4 members (excludes halogenated alkanes) is 3. The van der Waals surface area contributed by atoms with Crippen LogP contribution >= 0.6 is 27.7 Å². The first-order valence-corrected chi connectivity index (χ1v) is 12.8. The van der Waals surface area contributed by atoms with Crippen LogP contribution < -0.4 is 5.32 Å². The molecule has 0 aromatic heterocycles. The monoisotopic (exact) mass is 504 g/mol. The zero-order chi connectivity index (χ0) is 22.1. The molecule has 3 aliphatic rings. The highest BCUT2D eigenvalue weighted by atomic mass is 79.9. The van der Waals surface area contributed by atoms with Crippen LogP contribution in [0.3, 0.4) is 0 Å². The normalized spacial score (nSPS) is 34.5. The molecule has 3 unspecified atom stereocenters. The maximum atomic E-state index is 13.6. The number of rotatable bonds is 10. The van der Waals surface area contributed by atoms with Crippen molar-refractivity contribution in [3.8, 4) is 0 Å². The van der Waals surface area contributed by atoms with Crippen molar-refractivity contribution in [3.63, 3.8) is 0 Å². The largest absolute Gasteiger partial charge is 0.466 e. The van der Waals surface area contributed by atoms with Crippen molar-refractivity contribution in [1.29, 1.82) is 0 Å². The Morgan fingerprint density at radius 1 is 1.33 bits per heavy atom. The Bertz CT molecular complexity index is 678. The number of hydrogen-bond acceptors (Lipinski definition) is 6. The summed E-state index contributed by atoms with van der Waals surface area (Å²) in [6.07, 6.45) is 3.98. The summed E-state index contributed by atoms with van der Waals surface area (Å²) in [5, 5.41) is 11.9. The average Bonchev–Trinajstić information content (AvgIpc) is 3.25. The second-order valence-electron chi connectivity index (χ2n) is 8.75. The molecule has 2 bridgehead atoms. The average molecular weight is 505 g/mol. The standard InChI is InChI=1S/C21H33BrN2O5S/c1-4-29-20(28)14-15-19(27)24(9-7-5-6-8-10-25)17(18(26)23-12(2)3)21(15)11-13(22)16(14)30-21/h12-17,25H,4-11H2,1-3H3,(H,23,26)/t13?,14-,15+,16-,17?,21?/m1/s1. The third kappa shape index (κ3) is 4.13. The zero-order valence-corrected chi connectivity index (χ0v) is 20.3. The highest BCUT2D eigenvalue weighted by molar-refractivity contribution is 9.09. The smallest absolute Gasteiger partial charge is 0.310 e. The summed E-state index contributed by atoms with van der Waals surface area (Å²) in [5.74, 6) is -1.58. The van der Waals surface area contributed by atoms with Crippen molar-refractivity contribution in [2.24, 2.45) is 11.8 Å². The van der Waals surface area contributed by atoms with E-state index < -0.39 is 22.6 Å². The maximum Gasteiger partial charge on any atom is 0.310 e. The molecule has 3 fully saturated rings. The van der Waals surface area contributed by atoms with E-state index in [2.05, 4.69) is 21.2 Å². The molecule has 170 valence electrons. The minimum Gasteiger partial charge on any atom is -0.466 e. The number of nitrogens with zero attached hydrogens (tertiary/aromatic N) is 1. The van der Waals surface area contributed by atoms with Gasteiger partial charge < -0.3 is 20.1 Å². The Morgan fingerprint density at radius 3 is 2.67 bits per heavy atom. The Balaban J connectivity index is 1.89. The summed E-state index contributed by atoms with van der Waals surface area (Å²) in [5.41, 5.74) is 0. The topological polar surface area (TPSA) is 95.9 Å². The molecule has 0 radical (unpaired) electrons. The molecule has 1 spiro atoms. The Labute approximate surface area is 191 Å². The minimum atomic E-state index is -0.600. The second kappa shape index (κ2) is 9.77. The molecule has 9 heteroatoms. The Hall–Kier alpha value is -0.800. The number of nitrogens with one attached hydrogen (secondary N) is 1. The molecule has 2 amide bonds. The first-order chi connectivity index (χ1) is 14.3. The molecule has 30 heavy (non-hydrogen) atoms. The minimum absolute atomic E-state index is 0.0290. The molecule has 3 rings (SSSR count). The fraction of sp³-hybridized carbons (Fsp3) is 0.857. The molecule has 3 heterocycles. The predicted molar refractivity (Wildman–Crippen MR) is 119 cm³/mol. The molecule has 0 saturated carbocycles. The van der Waals surface area contributed by atoms with Gasteiger partial charge in [-0.3, -0.25) is 14.4 Å². The number of carbonyl (C=O) groups excluding carboxylic acids is 3. The van der Waals surface area contributed by atoms with E-state index in [9.17, 15) is 14.4 Å². The van der Waals surface area contributed by atoms with Gasteiger partial charge in [-0.1, -0.05) is 28.8 Å². The lowest BCUT2D eigenvalue weighted by Crippen LogP contribution is -2.55. The molecule has 6 atom stereocenters. The number of carbonyl (C=O) groups is 3. The van der Waals surface area contributed by atoms with Gasteiger partial charge in [0.15, 0.2) is 0 Å². The Morgan fingerprint density at radius 2 is 2.03 bits per heavy atom. The zero-order valence-electron chi connectivity index (χ0n) is 17.9. The van der Waals surface area contributed by atoms with Crippen LogP contribution in [0.4, 0.5) is 0 Å². The SMILES string of the molecule is CCOC(=O)[C@H]1[C@@H]2SC3(CC2Br)C(C(=O)NC(C)C)N(CCCCCCO)C(=O)[C@H]13. The number of fused-ring (bicyclic) bond motifs is 1. The van der Waals surface area contributed by atoms with Gasteiger partial charge in [0, 0.05) is 29.3 Å². The molecular weight excluding hydrogens is 472 g/mol. The van der Waals surface area contributed by atoms with E-state index >= 15 is 0 Å². The number of ether oxygens (including phenoxy) is 1. The van der Waals surface area contributed by atoms with Crippen LogP contribution in [0.15, 0.2) is 0 Å². The van der Waals surface area contributed by atoms with Crippen LogP contribution in [-0.4, -0.2) is 74.5 Å². The van der Waals surface area contributed by atoms with Gasteiger partial charge in [0.25, 0.3) is 0 Å². The van der Waals surface area contributed by atoms with Crippen molar-refractivity contribution in [3.05, 3.63) is 0 Å². The molecular formula is C21H33BrN2O5S. The van der Waals surface area contributed by atoms with Gasteiger partial charge in [-0.2, -0.15) is 0 Å². The number of thioether (sulfide) groups is 1. The van der Waals surface area contributed by atoms with Crippen LogP contribution in [-0.2, 0) is 19.1 Å². The van der Waals surface area contributed by atoms with Gasteiger partial charge in [-0.25, -0.2) is 0 Å². The molecule has 0 aliphatic carbocycles. The van der Waals surface area contributed by atoms with Crippen molar-refractivity contribution < 1.29 is 24.2 Å². The lowest BCUT2D eigenvalue weighted by atomic mass is 9.71. The van der Waals surface area contributed by atoms with E-state index in [1.165, 1.54) is 0 Å². The molecule has 3 saturated heterocycles. The van der Waals surface area contributed by atoms with Crippen LogP contribution in [0.5, 0.6) is 0 Å². The van der Waals surface area contributed by atoms with E-state index in [1.54, 1.807) is 23.6 Å². The summed E-state index contributed by atoms with van der Waals surface area (Å²) in [6.45, 7) is 6.53. The maximum absolute atomic E-state index is 13.6. The number of aliphatic hydroxyl groups excluding tert-OH is 1. The highest BCUT2D eigenvalue weighted by Gasteiger charge is 2.75. The first kappa shape index (κ1) is 23.9. The lowest BCUT2D eigenvalue weighted by Gasteiger charge is -2.35. The van der Waals surface area contributed by atoms with Gasteiger partial charge in [0.2, 0.25) is 11.8 Å². The fourth-order valence-electron chi connectivity index (χ4n) is 5.29. The first-order valence-electron chi connectivity index (χ1n) is 11.0. The van der Waals surface area contributed by atoms with Gasteiger partial charge >= 0.3 is 5.97 Å². The summed E-state index contributed by atoms with van der Waals surface area (Å²) < 4.78 is 4.73. The number of halogens is 1. The van der Waals surface area contributed by atoms with E-state index in [0.29, 0.717) is 13.0 Å². The molecule has 3 aliphatic heterocycles. The third-order valence-corrected chi connectivity index (χ3v) is 9.55. The van der Waals surface area contributed by atoms with E-state index in [4.69, 9.17) is 9.84 Å². The van der Waals surface area contributed by atoms with E-state index in [0.717, 1.165) is 25.7 Å². The molecule has 0 aromatic carbocycles. The molecule has 0 aromatic rings. The van der Waals surface area contributed by atoms with Crippen molar-refractivity contribution in [2.75, 3.05) is 19.8 Å². The van der Waals surface area contributed by atoms with Gasteiger partial charge in [-0.15, -0.1) is 11.8 Å². The van der Waals surface area contributed by atoms with Gasteiger partial charge in [0.1, 0.15) is 6.04 Å². The molecule has 7 nitrogen and oxygen atoms in total. The second-order valence-corrected chi connectivity index (χ2v) is 11.5. The summed E-state index contributed by atoms with van der Waals surface area (Å²) in [6, 6.07) is -0.608. The quantitative estimate of drug-likeness (QED) is 0.268. The lowest BCUT2D eigenvalue weighted by molar-refractivity contribution is -0.153. The van der Waals surface area contributed by atoms with Crippen molar-refractivity contribution >= 4 is 45.5 Å². The number of aliphatic hydroxyl groups is 1. The predicted octanol–water partition coefficient (Wildman–Crippen LogP) is 2.09. The van der Waals surface area contributed by atoms with Crippen LogP contribution in [0.1, 0.15) is 52.9 Å². The van der Waals surface area contributed by atoms with Crippen molar-refractivity contribution in [2.45, 2.75) is 79.8 Å². The van der Waals surface area contributed by atoms with Gasteiger partial charge in [-0.05, 0) is 40.0 Å². The van der Waals surface area contributed by atoms with Crippen LogP contribution in [0.2, 0.25) is 0 Å². The summed E-state index contributed by atoms with van der Waals surface area (Å²) in [4.78, 5) is 41.5. The third-order valence-electron chi connectivity index (χ3n) is 6.33. The fourth-order valence-corrected chi connectivity index (χ4v) is 8.89. The Kier molecular flexibility index (Phi) is 7.77. The number of likely N-dealkylation sites (tertiary alicyclic amines) is 1. The van der Waals surface area contributed by atoms with E-state index in [-0.39, 0.29) is 47.1 Å². The van der Waals surface area contributed by atoms with Gasteiger partial charge in [0.05, 0.1) is 23.2 Å². The number of esters is 1. The molecule has 2 N–H and O–H groups in total. The van der Waals surface area contributed by atoms with Crippen LogP contribution in [0, 0.1) is 11.8 Å². The number of hydrogen-bond donors (Lipinski definition) is 2. The number of amides is 2. The van der Waals surface area contributed by atoms with E-state index in [1.807, 2.05) is 13.8 Å². The number of alkyl halides is 1. The van der Waals surface area contributed by atoms with Crippen LogP contribution in [0.25, 0.3) is 0 Å². The summed E-state index contributed by atoms with van der Waals surface area (Å²) >= 11 is 5.36. The van der Waals surface area contributed by atoms with Crippen molar-refractivity contribution in [1.82, 2.24) is 10.2 Å².